The van der Waals surface area contributed by atoms with E-state index in [1.165, 1.54) is 6.42 Å². The number of benzene rings is 1. The van der Waals surface area contributed by atoms with Crippen molar-refractivity contribution in [2.75, 3.05) is 34.4 Å². The first-order chi connectivity index (χ1) is 9.72. The largest absolute Gasteiger partial charge is 0.493 e. The molecule has 0 aliphatic carbocycles. The zero-order chi connectivity index (χ0) is 14.4. The maximum Gasteiger partial charge on any atom is 0.161 e. The lowest BCUT2D eigenvalue weighted by molar-refractivity contribution is 0.0861. The minimum atomic E-state index is 0.230. The highest BCUT2D eigenvalue weighted by Crippen LogP contribution is 2.30. The molecule has 1 unspecified atom stereocenters. The van der Waals surface area contributed by atoms with E-state index in [-0.39, 0.29) is 6.10 Å². The first-order valence-corrected chi connectivity index (χ1v) is 7.01. The topological polar surface area (TPSA) is 43.0 Å². The van der Waals surface area contributed by atoms with Crippen LogP contribution in [0.5, 0.6) is 11.5 Å². The van der Waals surface area contributed by atoms with Crippen molar-refractivity contribution in [1.29, 1.82) is 0 Å². The number of hydrogen-bond donors (Lipinski definition) is 1. The van der Waals surface area contributed by atoms with Gasteiger partial charge in [-0.15, -0.1) is 0 Å². The molecule has 1 N–H and O–H groups in total. The van der Waals surface area contributed by atoms with E-state index in [1.54, 1.807) is 14.2 Å². The quantitative estimate of drug-likeness (QED) is 0.805. The first-order valence-electron chi connectivity index (χ1n) is 7.01. The molecule has 0 bridgehead atoms. The van der Waals surface area contributed by atoms with Crippen molar-refractivity contribution in [3.05, 3.63) is 23.8 Å². The summed E-state index contributed by atoms with van der Waals surface area (Å²) in [7, 11) is 5.41. The van der Waals surface area contributed by atoms with Crippen LogP contribution in [0, 0.1) is 0 Å². The summed E-state index contributed by atoms with van der Waals surface area (Å²) < 4.78 is 11.5. The zero-order valence-corrected chi connectivity index (χ0v) is 12.5. The molecule has 1 atom stereocenters. The summed E-state index contributed by atoms with van der Waals surface area (Å²) in [5.74, 6) is 1.59. The second-order valence-corrected chi connectivity index (χ2v) is 5.15. The number of piperidine rings is 1. The maximum absolute atomic E-state index is 6.13. The van der Waals surface area contributed by atoms with Crippen molar-refractivity contribution in [3.8, 4) is 11.5 Å². The van der Waals surface area contributed by atoms with E-state index in [1.807, 2.05) is 18.2 Å². The third-order valence-electron chi connectivity index (χ3n) is 3.52. The average molecular weight is 280 g/mol. The molecule has 1 fully saturated rings. The van der Waals surface area contributed by atoms with Gasteiger partial charge in [-0.1, -0.05) is 6.07 Å². The second-order valence-electron chi connectivity index (χ2n) is 5.15. The van der Waals surface area contributed by atoms with Crippen LogP contribution in [0.2, 0.25) is 0 Å². The van der Waals surface area contributed by atoms with Crippen LogP contribution < -0.4 is 15.0 Å². The second kappa shape index (κ2) is 7.47. The Morgan fingerprint density at radius 2 is 2.15 bits per heavy atom. The lowest BCUT2D eigenvalue weighted by Gasteiger charge is -2.30. The number of likely N-dealkylation sites (tertiary alicyclic amines) is 1. The summed E-state index contributed by atoms with van der Waals surface area (Å²) in [6, 6.07) is 5.96. The van der Waals surface area contributed by atoms with Gasteiger partial charge in [0.15, 0.2) is 11.5 Å². The summed E-state index contributed by atoms with van der Waals surface area (Å²) in [6.45, 7) is 2.75. The van der Waals surface area contributed by atoms with Crippen LogP contribution in [0.3, 0.4) is 0 Å². The average Bonchev–Trinajstić information content (AvgIpc) is 2.45. The molecular weight excluding hydrogens is 256 g/mol. The van der Waals surface area contributed by atoms with Gasteiger partial charge in [-0.3, -0.25) is 0 Å². The normalized spacial score (nSPS) is 19.9. The Morgan fingerprint density at radius 3 is 2.85 bits per heavy atom. The van der Waals surface area contributed by atoms with E-state index in [0.717, 1.165) is 36.6 Å². The van der Waals surface area contributed by atoms with Crippen molar-refractivity contribution >= 4 is 0 Å². The van der Waals surface area contributed by atoms with Gasteiger partial charge in [0.2, 0.25) is 0 Å². The Bertz CT molecular complexity index is 426. The van der Waals surface area contributed by atoms with E-state index in [4.69, 9.17) is 14.3 Å². The van der Waals surface area contributed by atoms with Crippen molar-refractivity contribution in [1.82, 2.24) is 10.4 Å². The predicted octanol–water partition coefficient (Wildman–Crippen LogP) is 1.82. The molecule has 0 aromatic heterocycles. The molecule has 2 rings (SSSR count). The Morgan fingerprint density at radius 1 is 1.30 bits per heavy atom. The highest BCUT2D eigenvalue weighted by Gasteiger charge is 2.20. The molecule has 0 spiro atoms. The molecule has 1 saturated heterocycles. The summed E-state index contributed by atoms with van der Waals surface area (Å²) in [6.07, 6.45) is 2.50. The third-order valence-corrected chi connectivity index (χ3v) is 3.52. The molecule has 1 aliphatic rings. The number of nitrogens with zero attached hydrogens (tertiary/aromatic N) is 1. The van der Waals surface area contributed by atoms with E-state index >= 15 is 0 Å². The van der Waals surface area contributed by atoms with Gasteiger partial charge in [-0.25, -0.2) is 0 Å². The number of methoxy groups -OCH3 is 1. The monoisotopic (exact) mass is 280 g/mol. The van der Waals surface area contributed by atoms with Gasteiger partial charge in [-0.2, -0.15) is 5.48 Å². The van der Waals surface area contributed by atoms with Crippen LogP contribution in [0.1, 0.15) is 18.4 Å². The van der Waals surface area contributed by atoms with E-state index < -0.39 is 0 Å². The van der Waals surface area contributed by atoms with Crippen LogP contribution in [0.15, 0.2) is 18.2 Å². The zero-order valence-electron chi connectivity index (χ0n) is 12.5. The smallest absolute Gasteiger partial charge is 0.161 e. The van der Waals surface area contributed by atoms with Crippen molar-refractivity contribution in [3.63, 3.8) is 0 Å². The van der Waals surface area contributed by atoms with Crippen LogP contribution in [0.4, 0.5) is 0 Å². The Hall–Kier alpha value is -1.30. The fraction of sp³-hybridized carbons (Fsp3) is 0.600. The molecule has 1 aromatic rings. The van der Waals surface area contributed by atoms with Crippen LogP contribution in [-0.2, 0) is 11.4 Å². The van der Waals surface area contributed by atoms with Crippen LogP contribution >= 0.6 is 0 Å². The molecule has 1 aromatic carbocycles. The van der Waals surface area contributed by atoms with Gasteiger partial charge in [0.25, 0.3) is 0 Å². The molecule has 5 nitrogen and oxygen atoms in total. The molecule has 0 radical (unpaired) electrons. The Labute approximate surface area is 120 Å². The summed E-state index contributed by atoms with van der Waals surface area (Å²) in [4.78, 5) is 7.18. The van der Waals surface area contributed by atoms with E-state index in [2.05, 4.69) is 17.4 Å². The summed E-state index contributed by atoms with van der Waals surface area (Å²) >= 11 is 0. The molecule has 20 heavy (non-hydrogen) atoms. The van der Waals surface area contributed by atoms with E-state index in [0.29, 0.717) is 6.54 Å². The summed E-state index contributed by atoms with van der Waals surface area (Å²) in [5.41, 5.74) is 3.94. The molecule has 0 saturated carbocycles. The number of nitrogens with one attached hydrogen (secondary N) is 1. The molecule has 5 heteroatoms. The van der Waals surface area contributed by atoms with Crippen molar-refractivity contribution < 1.29 is 14.3 Å². The minimum Gasteiger partial charge on any atom is -0.493 e. The van der Waals surface area contributed by atoms with Gasteiger partial charge in [0.05, 0.1) is 14.2 Å². The van der Waals surface area contributed by atoms with Gasteiger partial charge in [0.1, 0.15) is 6.10 Å². The number of likely N-dealkylation sites (N-methyl/N-ethyl adjacent to an activating group) is 1. The number of hydrogen-bond acceptors (Lipinski definition) is 5. The lowest BCUT2D eigenvalue weighted by Crippen LogP contribution is -2.38. The minimum absolute atomic E-state index is 0.230. The van der Waals surface area contributed by atoms with Crippen LogP contribution in [0.25, 0.3) is 0 Å². The van der Waals surface area contributed by atoms with Gasteiger partial charge in [-0.05, 0) is 44.1 Å². The summed E-state index contributed by atoms with van der Waals surface area (Å²) in [5, 5.41) is 0. The van der Waals surface area contributed by atoms with Crippen molar-refractivity contribution in [2.24, 2.45) is 0 Å². The maximum atomic E-state index is 6.13. The molecular formula is C15H24N2O3. The molecule has 112 valence electrons. The third kappa shape index (κ3) is 4.10. The van der Waals surface area contributed by atoms with Gasteiger partial charge in [0, 0.05) is 13.1 Å². The molecule has 0 amide bonds. The Kier molecular flexibility index (Phi) is 5.64. The lowest BCUT2D eigenvalue weighted by atomic mass is 10.1. The first kappa shape index (κ1) is 15.1. The fourth-order valence-corrected chi connectivity index (χ4v) is 2.47. The molecule has 1 aliphatic heterocycles. The highest BCUT2D eigenvalue weighted by atomic mass is 16.6. The van der Waals surface area contributed by atoms with Gasteiger partial charge < -0.3 is 19.2 Å². The van der Waals surface area contributed by atoms with Crippen molar-refractivity contribution in [2.45, 2.75) is 25.5 Å². The Balaban J connectivity index is 2.07. The van der Waals surface area contributed by atoms with Crippen LogP contribution in [-0.4, -0.2) is 45.4 Å². The highest BCUT2D eigenvalue weighted by molar-refractivity contribution is 5.43. The van der Waals surface area contributed by atoms with E-state index in [9.17, 15) is 0 Å². The van der Waals surface area contributed by atoms with Gasteiger partial charge >= 0.3 is 0 Å². The SMILES string of the molecule is CONCc1ccc(OC)c(OC2CCCN(C)C2)c1. The number of ether oxygens (including phenoxy) is 2. The standard InChI is InChI=1S/C15H24N2O3/c1-17-8-4-5-13(11-17)20-15-9-12(10-16-19-3)6-7-14(15)18-2/h6-7,9,13,16H,4-5,8,10-11H2,1-3H3. The predicted molar refractivity (Wildman–Crippen MR) is 78.0 cm³/mol. The fourth-order valence-electron chi connectivity index (χ4n) is 2.47. The number of hydroxylamine groups is 1. The number of rotatable bonds is 6. The molecule has 1 heterocycles.